The summed E-state index contributed by atoms with van der Waals surface area (Å²) >= 11 is 8.43. The van der Waals surface area contributed by atoms with Crippen LogP contribution in [0.15, 0.2) is 38.6 Å². The molecule has 0 aliphatic rings. The van der Waals surface area contributed by atoms with E-state index in [9.17, 15) is 5.26 Å². The van der Waals surface area contributed by atoms with Crippen molar-refractivity contribution in [3.05, 3.63) is 49.0 Å². The number of nitrogens with zero attached hydrogens (tertiary/aromatic N) is 1. The van der Waals surface area contributed by atoms with E-state index in [0.717, 1.165) is 18.8 Å². The van der Waals surface area contributed by atoms with Crippen LogP contribution in [0.2, 0.25) is 0 Å². The highest BCUT2D eigenvalue weighted by atomic mass is 79.9. The van der Waals surface area contributed by atoms with Gasteiger partial charge >= 0.3 is 0 Å². The van der Waals surface area contributed by atoms with E-state index in [1.165, 1.54) is 5.56 Å². The Morgan fingerprint density at radius 2 is 1.94 bits per heavy atom. The molecule has 0 amide bonds. The third kappa shape index (κ3) is 3.14. The van der Waals surface area contributed by atoms with Crippen molar-refractivity contribution >= 4 is 48.9 Å². The van der Waals surface area contributed by atoms with Crippen molar-refractivity contribution in [3.63, 3.8) is 0 Å². The van der Waals surface area contributed by atoms with Crippen LogP contribution in [-0.2, 0) is 0 Å². The summed E-state index contributed by atoms with van der Waals surface area (Å²) in [7, 11) is 0. The summed E-state index contributed by atoms with van der Waals surface area (Å²) in [6, 6.07) is 11.9. The highest BCUT2D eigenvalue weighted by Crippen LogP contribution is 2.36. The number of aryl methyl sites for hydroxylation is 1. The molecule has 0 aliphatic heterocycles. The summed E-state index contributed by atoms with van der Waals surface area (Å²) in [5.41, 5.74) is 2.16. The highest BCUT2D eigenvalue weighted by Gasteiger charge is 2.15. The summed E-state index contributed by atoms with van der Waals surface area (Å²) in [4.78, 5) is 0.983. The fraction of sp³-hybridized carbons (Fsp3) is 0.154. The lowest BCUT2D eigenvalue weighted by Gasteiger charge is -2.11. The molecule has 2 aromatic rings. The molecule has 92 valence electrons. The summed E-state index contributed by atoms with van der Waals surface area (Å²) in [5.74, 6) is 0. The minimum atomic E-state index is -0.333. The molecule has 1 N–H and O–H groups in total. The highest BCUT2D eigenvalue weighted by molar-refractivity contribution is 9.13. The number of benzene rings is 1. The van der Waals surface area contributed by atoms with Crippen molar-refractivity contribution in [2.24, 2.45) is 0 Å². The molecule has 1 unspecified atom stereocenters. The maximum absolute atomic E-state index is 9.26. The Bertz CT molecular complexity index is 565. The van der Waals surface area contributed by atoms with Crippen molar-refractivity contribution in [1.29, 1.82) is 5.26 Å². The lowest BCUT2D eigenvalue weighted by atomic mass is 10.2. The van der Waals surface area contributed by atoms with Gasteiger partial charge in [0.1, 0.15) is 6.04 Å². The minimum absolute atomic E-state index is 0.333. The van der Waals surface area contributed by atoms with Crippen molar-refractivity contribution in [2.75, 3.05) is 5.32 Å². The van der Waals surface area contributed by atoms with E-state index in [4.69, 9.17) is 0 Å². The normalized spacial score (nSPS) is 11.9. The molecule has 0 radical (unpaired) electrons. The monoisotopic (exact) mass is 384 g/mol. The minimum Gasteiger partial charge on any atom is -0.366 e. The molecule has 2 nitrogen and oxygen atoms in total. The molecule has 0 aliphatic carbocycles. The van der Waals surface area contributed by atoms with Crippen molar-refractivity contribution in [3.8, 4) is 6.07 Å². The van der Waals surface area contributed by atoms with Crippen LogP contribution in [-0.4, -0.2) is 0 Å². The van der Waals surface area contributed by atoms with Gasteiger partial charge in [-0.1, -0.05) is 17.7 Å². The van der Waals surface area contributed by atoms with Crippen LogP contribution < -0.4 is 5.32 Å². The smallest absolute Gasteiger partial charge is 0.149 e. The Morgan fingerprint density at radius 3 is 2.44 bits per heavy atom. The number of thiophene rings is 1. The van der Waals surface area contributed by atoms with Gasteiger partial charge in [0, 0.05) is 15.0 Å². The summed E-state index contributed by atoms with van der Waals surface area (Å²) in [6.45, 7) is 2.04. The first-order chi connectivity index (χ1) is 8.60. The second-order valence-corrected chi connectivity index (χ2v) is 7.10. The van der Waals surface area contributed by atoms with Crippen LogP contribution in [0.1, 0.15) is 16.5 Å². The molecule has 1 atom stereocenters. The molecule has 0 saturated carbocycles. The van der Waals surface area contributed by atoms with E-state index in [1.807, 2.05) is 37.3 Å². The largest absolute Gasteiger partial charge is 0.366 e. The molecule has 1 heterocycles. The number of anilines is 1. The maximum Gasteiger partial charge on any atom is 0.149 e. The summed E-state index contributed by atoms with van der Waals surface area (Å²) < 4.78 is 1.98. The van der Waals surface area contributed by atoms with Crippen molar-refractivity contribution in [2.45, 2.75) is 13.0 Å². The van der Waals surface area contributed by atoms with Gasteiger partial charge in [-0.25, -0.2) is 0 Å². The number of halogens is 2. The first kappa shape index (κ1) is 13.6. The van der Waals surface area contributed by atoms with Gasteiger partial charge in [0.05, 0.1) is 9.86 Å². The van der Waals surface area contributed by atoms with Gasteiger partial charge in [-0.3, -0.25) is 0 Å². The number of nitrogens with one attached hydrogen (secondary N) is 1. The molecular formula is C13H10Br2N2S. The second kappa shape index (κ2) is 5.87. The van der Waals surface area contributed by atoms with Crippen LogP contribution in [0.5, 0.6) is 0 Å². The first-order valence-corrected chi connectivity index (χ1v) is 7.68. The van der Waals surface area contributed by atoms with E-state index in [1.54, 1.807) is 11.3 Å². The molecule has 1 aromatic carbocycles. The Balaban J connectivity index is 2.20. The van der Waals surface area contributed by atoms with Gasteiger partial charge < -0.3 is 5.32 Å². The molecule has 0 saturated heterocycles. The van der Waals surface area contributed by atoms with Crippen LogP contribution >= 0.6 is 43.2 Å². The lowest BCUT2D eigenvalue weighted by molar-refractivity contribution is 1.03. The molecule has 18 heavy (non-hydrogen) atoms. The molecule has 0 spiro atoms. The van der Waals surface area contributed by atoms with E-state index in [0.29, 0.717) is 0 Å². The van der Waals surface area contributed by atoms with Gasteiger partial charge in [0.15, 0.2) is 0 Å². The Kier molecular flexibility index (Phi) is 4.44. The number of rotatable bonds is 3. The first-order valence-electron chi connectivity index (χ1n) is 5.27. The zero-order valence-corrected chi connectivity index (χ0v) is 13.6. The van der Waals surface area contributed by atoms with Gasteiger partial charge in [-0.15, -0.1) is 11.3 Å². The number of hydrogen-bond donors (Lipinski definition) is 1. The van der Waals surface area contributed by atoms with Gasteiger partial charge in [0.25, 0.3) is 0 Å². The standard InChI is InChI=1S/C13H10Br2N2S/c1-8-2-4-9(5-3-8)17-11(7-16)12-6-10(14)13(15)18-12/h2-6,11,17H,1H3. The average molecular weight is 386 g/mol. The third-order valence-electron chi connectivity index (χ3n) is 2.44. The second-order valence-electron chi connectivity index (χ2n) is 3.84. The SMILES string of the molecule is Cc1ccc(NC(C#N)c2cc(Br)c(Br)s2)cc1. The van der Waals surface area contributed by atoms with E-state index in [2.05, 4.69) is 43.2 Å². The fourth-order valence-corrected chi connectivity index (χ4v) is 3.57. The molecule has 5 heteroatoms. The van der Waals surface area contributed by atoms with Crippen LogP contribution in [0.4, 0.5) is 5.69 Å². The van der Waals surface area contributed by atoms with Crippen molar-refractivity contribution in [1.82, 2.24) is 0 Å². The van der Waals surface area contributed by atoms with E-state index in [-0.39, 0.29) is 6.04 Å². The Morgan fingerprint density at radius 1 is 1.28 bits per heavy atom. The maximum atomic E-state index is 9.26. The topological polar surface area (TPSA) is 35.8 Å². The zero-order chi connectivity index (χ0) is 13.1. The van der Waals surface area contributed by atoms with Gasteiger partial charge in [-0.05, 0) is 57.0 Å². The molecule has 0 bridgehead atoms. The lowest BCUT2D eigenvalue weighted by Crippen LogP contribution is -2.06. The van der Waals surface area contributed by atoms with Gasteiger partial charge in [0.2, 0.25) is 0 Å². The van der Waals surface area contributed by atoms with Crippen LogP contribution in [0, 0.1) is 18.3 Å². The zero-order valence-electron chi connectivity index (χ0n) is 9.58. The third-order valence-corrected chi connectivity index (χ3v) is 5.76. The quantitative estimate of drug-likeness (QED) is 0.782. The Hall–Kier alpha value is -0.830. The molecule has 2 rings (SSSR count). The van der Waals surface area contributed by atoms with Crippen LogP contribution in [0.25, 0.3) is 0 Å². The average Bonchev–Trinajstić information content (AvgIpc) is 2.69. The Labute approximate surface area is 127 Å². The predicted molar refractivity (Wildman–Crippen MR) is 82.9 cm³/mol. The van der Waals surface area contributed by atoms with Crippen molar-refractivity contribution < 1.29 is 0 Å². The molecule has 1 aromatic heterocycles. The number of nitriles is 1. The predicted octanol–water partition coefficient (Wildman–Crippen LogP) is 5.26. The molecular weight excluding hydrogens is 376 g/mol. The fourth-order valence-electron chi connectivity index (χ4n) is 1.49. The summed E-state index contributed by atoms with van der Waals surface area (Å²) in [5, 5.41) is 12.5. The van der Waals surface area contributed by atoms with E-state index < -0.39 is 0 Å². The summed E-state index contributed by atoms with van der Waals surface area (Å²) in [6.07, 6.45) is 0. The van der Waals surface area contributed by atoms with Crippen LogP contribution in [0.3, 0.4) is 0 Å². The van der Waals surface area contributed by atoms with Gasteiger partial charge in [-0.2, -0.15) is 5.26 Å². The molecule has 0 fully saturated rings. The van der Waals surface area contributed by atoms with E-state index >= 15 is 0 Å². The number of hydrogen-bond acceptors (Lipinski definition) is 3.